The molecule has 0 aliphatic heterocycles. The zero-order valence-corrected chi connectivity index (χ0v) is 13.1. The highest BCUT2D eigenvalue weighted by Crippen LogP contribution is 2.66. The van der Waals surface area contributed by atoms with Gasteiger partial charge in [0.15, 0.2) is 0 Å². The van der Waals surface area contributed by atoms with Gasteiger partial charge in [-0.25, -0.2) is 4.98 Å². The summed E-state index contributed by atoms with van der Waals surface area (Å²) in [6.45, 7) is 7.89. The smallest absolute Gasteiger partial charge is 0.126 e. The second kappa shape index (κ2) is 4.73. The number of hydrogen-bond acceptors (Lipinski definition) is 3. The molecule has 3 nitrogen and oxygen atoms in total. The quantitative estimate of drug-likeness (QED) is 0.905. The predicted molar refractivity (Wildman–Crippen MR) is 81.6 cm³/mol. The zero-order chi connectivity index (χ0) is 14.4. The summed E-state index contributed by atoms with van der Waals surface area (Å²) >= 11 is 0. The summed E-state index contributed by atoms with van der Waals surface area (Å²) in [5, 5.41) is 3.08. The van der Waals surface area contributed by atoms with E-state index in [0.29, 0.717) is 23.5 Å². The molecule has 2 aliphatic rings. The van der Waals surface area contributed by atoms with E-state index in [1.807, 2.05) is 25.2 Å². The second-order valence-corrected chi connectivity index (χ2v) is 7.17. The standard InChI is InChI=1S/C17H26N2O/c1-16(2)12-8-9-17(16,3)14(10-12)20-11-13-6-5-7-15(18-4)19-13/h5-7,12,14H,8-11H2,1-4H3,(H,18,19). The van der Waals surface area contributed by atoms with E-state index in [9.17, 15) is 0 Å². The van der Waals surface area contributed by atoms with Crippen molar-refractivity contribution < 1.29 is 4.74 Å². The Morgan fingerprint density at radius 2 is 2.15 bits per heavy atom. The van der Waals surface area contributed by atoms with Crippen molar-refractivity contribution >= 4 is 5.82 Å². The third-order valence-electron chi connectivity index (χ3n) is 6.21. The van der Waals surface area contributed by atoms with Gasteiger partial charge in [-0.05, 0) is 48.1 Å². The first-order valence-corrected chi connectivity index (χ1v) is 7.72. The average molecular weight is 274 g/mol. The first kappa shape index (κ1) is 13.9. The van der Waals surface area contributed by atoms with Gasteiger partial charge < -0.3 is 10.1 Å². The molecule has 110 valence electrons. The highest BCUT2D eigenvalue weighted by molar-refractivity contribution is 5.34. The molecule has 3 heteroatoms. The lowest BCUT2D eigenvalue weighted by molar-refractivity contribution is -0.0559. The molecule has 0 saturated heterocycles. The molecule has 1 aromatic heterocycles. The van der Waals surface area contributed by atoms with Gasteiger partial charge in [0, 0.05) is 7.05 Å². The maximum atomic E-state index is 6.27. The van der Waals surface area contributed by atoms with E-state index in [4.69, 9.17) is 4.74 Å². The molecule has 1 heterocycles. The van der Waals surface area contributed by atoms with Crippen LogP contribution in [0.5, 0.6) is 0 Å². The summed E-state index contributed by atoms with van der Waals surface area (Å²) < 4.78 is 6.27. The zero-order valence-electron chi connectivity index (χ0n) is 13.1. The minimum atomic E-state index is 0.332. The summed E-state index contributed by atoms with van der Waals surface area (Å²) in [6, 6.07) is 6.05. The maximum absolute atomic E-state index is 6.27. The number of pyridine rings is 1. The van der Waals surface area contributed by atoms with Gasteiger partial charge in [-0.1, -0.05) is 26.8 Å². The van der Waals surface area contributed by atoms with Gasteiger partial charge in [-0.3, -0.25) is 0 Å². The molecule has 1 N–H and O–H groups in total. The Morgan fingerprint density at radius 3 is 2.75 bits per heavy atom. The van der Waals surface area contributed by atoms with Crippen molar-refractivity contribution in [2.75, 3.05) is 12.4 Å². The van der Waals surface area contributed by atoms with Crippen LogP contribution in [0.3, 0.4) is 0 Å². The number of rotatable bonds is 4. The van der Waals surface area contributed by atoms with E-state index in [2.05, 4.69) is 31.1 Å². The number of fused-ring (bicyclic) bond motifs is 2. The highest BCUT2D eigenvalue weighted by atomic mass is 16.5. The van der Waals surface area contributed by atoms with Crippen LogP contribution in [0.2, 0.25) is 0 Å². The molecule has 20 heavy (non-hydrogen) atoms. The van der Waals surface area contributed by atoms with Crippen molar-refractivity contribution in [1.29, 1.82) is 0 Å². The van der Waals surface area contributed by atoms with Gasteiger partial charge in [-0.2, -0.15) is 0 Å². The molecule has 0 aromatic carbocycles. The fourth-order valence-corrected chi connectivity index (χ4v) is 4.27. The Labute approximate surface area is 122 Å². The minimum absolute atomic E-state index is 0.332. The Bertz CT molecular complexity index is 500. The molecule has 0 amide bonds. The number of aromatic nitrogens is 1. The van der Waals surface area contributed by atoms with Crippen LogP contribution in [0.25, 0.3) is 0 Å². The van der Waals surface area contributed by atoms with Crippen LogP contribution < -0.4 is 5.32 Å². The van der Waals surface area contributed by atoms with Gasteiger partial charge in [-0.15, -0.1) is 0 Å². The fraction of sp³-hybridized carbons (Fsp3) is 0.706. The number of nitrogens with zero attached hydrogens (tertiary/aromatic N) is 1. The molecule has 3 unspecified atom stereocenters. The minimum Gasteiger partial charge on any atom is -0.373 e. The van der Waals surface area contributed by atoms with Crippen molar-refractivity contribution in [2.24, 2.45) is 16.7 Å². The number of anilines is 1. The molecule has 2 fully saturated rings. The molecule has 2 saturated carbocycles. The Kier molecular flexibility index (Phi) is 3.28. The highest BCUT2D eigenvalue weighted by Gasteiger charge is 2.61. The van der Waals surface area contributed by atoms with Crippen LogP contribution >= 0.6 is 0 Å². The first-order chi connectivity index (χ1) is 9.47. The van der Waals surface area contributed by atoms with Crippen molar-refractivity contribution in [3.05, 3.63) is 23.9 Å². The Balaban J connectivity index is 1.68. The van der Waals surface area contributed by atoms with E-state index in [-0.39, 0.29) is 0 Å². The number of ether oxygens (including phenoxy) is 1. The van der Waals surface area contributed by atoms with Gasteiger partial charge in [0.1, 0.15) is 5.82 Å². The summed E-state index contributed by atoms with van der Waals surface area (Å²) in [5.74, 6) is 1.74. The number of hydrogen-bond donors (Lipinski definition) is 1. The predicted octanol–water partition coefficient (Wildman–Crippen LogP) is 3.85. The molecule has 0 spiro atoms. The largest absolute Gasteiger partial charge is 0.373 e. The molecule has 3 atom stereocenters. The summed E-state index contributed by atoms with van der Waals surface area (Å²) in [7, 11) is 1.90. The van der Waals surface area contributed by atoms with Crippen molar-refractivity contribution in [3.8, 4) is 0 Å². The van der Waals surface area contributed by atoms with Gasteiger partial charge in [0.25, 0.3) is 0 Å². The van der Waals surface area contributed by atoms with Gasteiger partial charge >= 0.3 is 0 Å². The van der Waals surface area contributed by atoms with Crippen LogP contribution in [0.4, 0.5) is 5.82 Å². The van der Waals surface area contributed by atoms with Crippen LogP contribution in [-0.4, -0.2) is 18.1 Å². The van der Waals surface area contributed by atoms with Gasteiger partial charge in [0.05, 0.1) is 18.4 Å². The van der Waals surface area contributed by atoms with Crippen LogP contribution in [0.15, 0.2) is 18.2 Å². The number of nitrogens with one attached hydrogen (secondary N) is 1. The first-order valence-electron chi connectivity index (χ1n) is 7.72. The lowest BCUT2D eigenvalue weighted by Crippen LogP contribution is -2.37. The van der Waals surface area contributed by atoms with E-state index in [0.717, 1.165) is 17.4 Å². The molecule has 2 bridgehead atoms. The summed E-state index contributed by atoms with van der Waals surface area (Å²) in [5.41, 5.74) is 1.76. The maximum Gasteiger partial charge on any atom is 0.126 e. The molecular formula is C17H26N2O. The molecule has 0 radical (unpaired) electrons. The van der Waals surface area contributed by atoms with Crippen molar-refractivity contribution in [3.63, 3.8) is 0 Å². The van der Waals surface area contributed by atoms with E-state index < -0.39 is 0 Å². The SMILES string of the molecule is CNc1cccc(COC2CC3CCC2(C)C3(C)C)n1. The van der Waals surface area contributed by atoms with Crippen LogP contribution in [-0.2, 0) is 11.3 Å². The second-order valence-electron chi connectivity index (χ2n) is 7.17. The van der Waals surface area contributed by atoms with E-state index >= 15 is 0 Å². The van der Waals surface area contributed by atoms with Gasteiger partial charge in [0.2, 0.25) is 0 Å². The molecule has 2 aliphatic carbocycles. The van der Waals surface area contributed by atoms with Crippen LogP contribution in [0, 0.1) is 16.7 Å². The Hall–Kier alpha value is -1.09. The van der Waals surface area contributed by atoms with Crippen LogP contribution in [0.1, 0.15) is 45.7 Å². The molecular weight excluding hydrogens is 248 g/mol. The summed E-state index contributed by atoms with van der Waals surface area (Å²) in [6.07, 6.45) is 4.28. The molecule has 1 aromatic rings. The lowest BCUT2D eigenvalue weighted by atomic mass is 9.70. The summed E-state index contributed by atoms with van der Waals surface area (Å²) in [4.78, 5) is 4.54. The third kappa shape index (κ3) is 1.95. The molecule has 3 rings (SSSR count). The fourth-order valence-electron chi connectivity index (χ4n) is 4.27. The third-order valence-corrected chi connectivity index (χ3v) is 6.21. The average Bonchev–Trinajstić information content (AvgIpc) is 2.78. The van der Waals surface area contributed by atoms with E-state index in [1.54, 1.807) is 0 Å². The topological polar surface area (TPSA) is 34.1 Å². The monoisotopic (exact) mass is 274 g/mol. The Morgan fingerprint density at radius 1 is 1.35 bits per heavy atom. The normalized spacial score (nSPS) is 34.4. The van der Waals surface area contributed by atoms with Crippen molar-refractivity contribution in [2.45, 2.75) is 52.7 Å². The van der Waals surface area contributed by atoms with E-state index in [1.165, 1.54) is 19.3 Å². The van der Waals surface area contributed by atoms with Crippen molar-refractivity contribution in [1.82, 2.24) is 4.98 Å². The lowest BCUT2D eigenvalue weighted by Gasteiger charge is -2.38.